The van der Waals surface area contributed by atoms with Gasteiger partial charge in [-0.1, -0.05) is 133 Å². The van der Waals surface area contributed by atoms with Crippen molar-refractivity contribution in [3.63, 3.8) is 0 Å². The van der Waals surface area contributed by atoms with Crippen molar-refractivity contribution in [3.05, 3.63) is 253 Å². The standard InChI is InChI=1S/C64H38N6S/c1-6-20-53-43(13-1)44-14-2-7-21-54(44)68(53)41-27-31-59-52(37-41)64(50-18-11-33-65-62(50)63-51(64)19-12-34-66-63)49-29-25-40(36-60(49)71-59)39-26-30-58-48(35-39)47-17-5-10-24-57(47)70(58)61-32-28-42(38-67-61)69-55-22-8-3-15-45(55)46-16-4-9-23-56(46)69/h1-38H. The molecule has 0 saturated carbocycles. The van der Waals surface area contributed by atoms with Crippen molar-refractivity contribution in [3.8, 4) is 39.7 Å². The number of aromatic nitrogens is 6. The largest absolute Gasteiger partial charge is 0.309 e. The van der Waals surface area contributed by atoms with Gasteiger partial charge in [-0.05, 0) is 124 Å². The maximum atomic E-state index is 5.18. The van der Waals surface area contributed by atoms with Gasteiger partial charge in [0.05, 0.1) is 61.8 Å². The second-order valence-electron chi connectivity index (χ2n) is 18.7. The maximum Gasteiger partial charge on any atom is 0.137 e. The van der Waals surface area contributed by atoms with Crippen LogP contribution in [0.25, 0.3) is 105 Å². The lowest BCUT2D eigenvalue weighted by atomic mass is 9.67. The Labute approximate surface area is 411 Å². The van der Waals surface area contributed by atoms with Crippen LogP contribution in [-0.2, 0) is 5.41 Å². The van der Waals surface area contributed by atoms with Crippen molar-refractivity contribution >= 4 is 77.2 Å². The van der Waals surface area contributed by atoms with Gasteiger partial charge in [-0.25, -0.2) is 4.98 Å². The fourth-order valence-electron chi connectivity index (χ4n) is 12.4. The number of hydrogen-bond donors (Lipinski definition) is 0. The topological polar surface area (TPSA) is 53.5 Å². The van der Waals surface area contributed by atoms with Crippen LogP contribution in [0.15, 0.2) is 241 Å². The summed E-state index contributed by atoms with van der Waals surface area (Å²) in [5, 5.41) is 7.35. The molecule has 2 aliphatic rings. The summed E-state index contributed by atoms with van der Waals surface area (Å²) in [5.74, 6) is 0.880. The summed E-state index contributed by atoms with van der Waals surface area (Å²) in [6.07, 6.45) is 5.81. The predicted molar refractivity (Wildman–Crippen MR) is 290 cm³/mol. The summed E-state index contributed by atoms with van der Waals surface area (Å²) in [4.78, 5) is 17.7. The lowest BCUT2D eigenvalue weighted by Gasteiger charge is -2.39. The average molecular weight is 923 g/mol. The van der Waals surface area contributed by atoms with E-state index >= 15 is 0 Å². The van der Waals surface area contributed by atoms with Crippen molar-refractivity contribution in [1.82, 2.24) is 28.7 Å². The first-order valence-electron chi connectivity index (χ1n) is 24.1. The number of fused-ring (bicyclic) bond motifs is 18. The van der Waals surface area contributed by atoms with E-state index in [0.29, 0.717) is 0 Å². The van der Waals surface area contributed by atoms with Crippen LogP contribution >= 0.6 is 11.8 Å². The molecule has 7 heterocycles. The fourth-order valence-corrected chi connectivity index (χ4v) is 13.6. The number of hydrogen-bond acceptors (Lipinski definition) is 4. The van der Waals surface area contributed by atoms with E-state index in [-0.39, 0.29) is 0 Å². The van der Waals surface area contributed by atoms with Gasteiger partial charge in [-0.15, -0.1) is 0 Å². The minimum absolute atomic E-state index is 0.641. The minimum Gasteiger partial charge on any atom is -0.309 e. The molecule has 7 heteroatoms. The quantitative estimate of drug-likeness (QED) is 0.176. The smallest absolute Gasteiger partial charge is 0.137 e. The molecule has 16 rings (SSSR count). The first kappa shape index (κ1) is 38.9. The van der Waals surface area contributed by atoms with E-state index in [2.05, 4.69) is 226 Å². The van der Waals surface area contributed by atoms with Crippen molar-refractivity contribution in [2.75, 3.05) is 0 Å². The Balaban J connectivity index is 0.847. The van der Waals surface area contributed by atoms with Gasteiger partial charge < -0.3 is 9.13 Å². The van der Waals surface area contributed by atoms with Gasteiger partial charge in [0.25, 0.3) is 0 Å². The second-order valence-corrected chi connectivity index (χ2v) is 19.8. The Hall–Kier alpha value is -9.04. The molecule has 330 valence electrons. The van der Waals surface area contributed by atoms with E-state index in [1.807, 2.05) is 30.4 Å². The van der Waals surface area contributed by atoms with E-state index in [1.54, 1.807) is 0 Å². The molecule has 0 atom stereocenters. The average Bonchev–Trinajstić information content (AvgIpc) is 4.15. The van der Waals surface area contributed by atoms with Crippen LogP contribution in [-0.4, -0.2) is 28.7 Å². The van der Waals surface area contributed by atoms with Gasteiger partial charge in [0, 0.05) is 60.2 Å². The molecule has 6 aromatic heterocycles. The molecule has 0 fully saturated rings. The highest BCUT2D eigenvalue weighted by atomic mass is 32.2. The highest BCUT2D eigenvalue weighted by Gasteiger charge is 2.51. The van der Waals surface area contributed by atoms with Crippen molar-refractivity contribution in [1.29, 1.82) is 0 Å². The third-order valence-corrected chi connectivity index (χ3v) is 16.4. The van der Waals surface area contributed by atoms with Crippen LogP contribution in [0, 0.1) is 0 Å². The molecule has 14 aromatic rings. The van der Waals surface area contributed by atoms with Crippen LogP contribution in [0.2, 0.25) is 0 Å². The Morgan fingerprint density at radius 2 is 0.817 bits per heavy atom. The molecule has 0 N–H and O–H groups in total. The summed E-state index contributed by atoms with van der Waals surface area (Å²) in [7, 11) is 0. The van der Waals surface area contributed by atoms with E-state index in [9.17, 15) is 0 Å². The van der Waals surface area contributed by atoms with Gasteiger partial charge in [0.15, 0.2) is 0 Å². The van der Waals surface area contributed by atoms with Crippen LogP contribution in [0.1, 0.15) is 22.3 Å². The molecule has 1 spiro atoms. The molecule has 0 bridgehead atoms. The Kier molecular flexibility index (Phi) is 7.94. The van der Waals surface area contributed by atoms with Crippen molar-refractivity contribution in [2.45, 2.75) is 15.2 Å². The number of nitrogens with zero attached hydrogens (tertiary/aromatic N) is 6. The summed E-state index contributed by atoms with van der Waals surface area (Å²) in [5.41, 5.74) is 17.5. The van der Waals surface area contributed by atoms with Gasteiger partial charge in [0.1, 0.15) is 5.82 Å². The summed E-state index contributed by atoms with van der Waals surface area (Å²) in [6.45, 7) is 0. The zero-order valence-corrected chi connectivity index (χ0v) is 38.8. The zero-order chi connectivity index (χ0) is 46.4. The maximum absolute atomic E-state index is 5.18. The molecule has 71 heavy (non-hydrogen) atoms. The van der Waals surface area contributed by atoms with Crippen LogP contribution < -0.4 is 0 Å². The molecule has 0 radical (unpaired) electrons. The molecule has 0 unspecified atom stereocenters. The van der Waals surface area contributed by atoms with Crippen LogP contribution in [0.3, 0.4) is 0 Å². The van der Waals surface area contributed by atoms with Crippen molar-refractivity contribution < 1.29 is 0 Å². The van der Waals surface area contributed by atoms with Crippen LogP contribution in [0.4, 0.5) is 0 Å². The van der Waals surface area contributed by atoms with E-state index < -0.39 is 5.41 Å². The number of para-hydroxylation sites is 5. The molecule has 6 nitrogen and oxygen atoms in total. The summed E-state index contributed by atoms with van der Waals surface area (Å²) in [6, 6.07) is 77.6. The summed E-state index contributed by atoms with van der Waals surface area (Å²) < 4.78 is 7.05. The number of rotatable bonds is 4. The molecular formula is C64H38N6S. The second kappa shape index (κ2) is 14.5. The third-order valence-electron chi connectivity index (χ3n) is 15.3. The monoisotopic (exact) mass is 922 g/mol. The first-order chi connectivity index (χ1) is 35.2. The summed E-state index contributed by atoms with van der Waals surface area (Å²) >= 11 is 1.86. The number of benzene rings is 8. The van der Waals surface area contributed by atoms with Gasteiger partial charge in [0.2, 0.25) is 0 Å². The highest BCUT2D eigenvalue weighted by Crippen LogP contribution is 2.62. The molecular weight excluding hydrogens is 885 g/mol. The van der Waals surface area contributed by atoms with Crippen LogP contribution in [0.5, 0.6) is 0 Å². The van der Waals surface area contributed by atoms with E-state index in [0.717, 1.165) is 56.3 Å². The Morgan fingerprint density at radius 3 is 1.39 bits per heavy atom. The fraction of sp³-hybridized carbons (Fsp3) is 0.0156. The predicted octanol–water partition coefficient (Wildman–Crippen LogP) is 15.7. The van der Waals surface area contributed by atoms with Gasteiger partial charge in [-0.2, -0.15) is 0 Å². The van der Waals surface area contributed by atoms with E-state index in [1.165, 1.54) is 80.9 Å². The van der Waals surface area contributed by atoms with E-state index in [4.69, 9.17) is 15.0 Å². The Morgan fingerprint density at radius 1 is 0.324 bits per heavy atom. The molecule has 0 amide bonds. The number of pyridine rings is 3. The van der Waals surface area contributed by atoms with Crippen molar-refractivity contribution in [2.24, 2.45) is 0 Å². The third kappa shape index (κ3) is 5.25. The SMILES string of the molecule is c1cnc2c(c1)C1(c3ccc(-c4ccc5c(c4)c4ccccc4n5-c4ccc(-n5c6ccccc6c6ccccc65)cn4)cc3Sc3ccc(-n4c5ccccc5c5ccccc54)cc31)c1cccnc1-2. The zero-order valence-electron chi connectivity index (χ0n) is 38.0. The lowest BCUT2D eigenvalue weighted by molar-refractivity contribution is 0.718. The molecule has 1 aliphatic heterocycles. The highest BCUT2D eigenvalue weighted by molar-refractivity contribution is 7.99. The Bertz CT molecular complexity index is 4420. The first-order valence-corrected chi connectivity index (χ1v) is 24.9. The van der Waals surface area contributed by atoms with Gasteiger partial charge in [-0.3, -0.25) is 14.5 Å². The molecule has 1 aliphatic carbocycles. The normalized spacial score (nSPS) is 13.4. The minimum atomic E-state index is -0.641. The lowest BCUT2D eigenvalue weighted by Crippen LogP contribution is -2.32. The molecule has 0 saturated heterocycles. The van der Waals surface area contributed by atoms with Gasteiger partial charge >= 0.3 is 0 Å². The molecule has 8 aromatic carbocycles.